The molecule has 1 unspecified atom stereocenters. The monoisotopic (exact) mass is 260 g/mol. The number of nitrogens with zero attached hydrogens (tertiary/aromatic N) is 1. The fourth-order valence-corrected chi connectivity index (χ4v) is 2.57. The van der Waals surface area contributed by atoms with Crippen LogP contribution in [0.2, 0.25) is 0 Å². The van der Waals surface area contributed by atoms with Crippen LogP contribution in [0.3, 0.4) is 0 Å². The SMILES string of the molecule is Cl.Cl.c1ccc2c(c1)CN(C1CCNC1)C2. The fourth-order valence-electron chi connectivity index (χ4n) is 2.57. The molecule has 3 rings (SSSR count). The number of hydrogen-bond donors (Lipinski definition) is 1. The third-order valence-corrected chi connectivity index (χ3v) is 3.42. The Morgan fingerprint density at radius 2 is 1.69 bits per heavy atom. The number of nitrogens with one attached hydrogen (secondary N) is 1. The second kappa shape index (κ2) is 5.87. The Balaban J connectivity index is 0.000000640. The maximum Gasteiger partial charge on any atom is 0.0244 e. The summed E-state index contributed by atoms with van der Waals surface area (Å²) in [5, 5.41) is 3.43. The molecule has 1 aromatic rings. The highest BCUT2D eigenvalue weighted by Crippen LogP contribution is 2.25. The fraction of sp³-hybridized carbons (Fsp3) is 0.500. The molecular weight excluding hydrogens is 243 g/mol. The number of benzene rings is 1. The predicted octanol–water partition coefficient (Wildman–Crippen LogP) is 2.21. The van der Waals surface area contributed by atoms with E-state index in [9.17, 15) is 0 Å². The summed E-state index contributed by atoms with van der Waals surface area (Å²) in [6, 6.07) is 9.59. The summed E-state index contributed by atoms with van der Waals surface area (Å²) >= 11 is 0. The van der Waals surface area contributed by atoms with Gasteiger partial charge >= 0.3 is 0 Å². The van der Waals surface area contributed by atoms with E-state index in [0.29, 0.717) is 0 Å². The lowest BCUT2D eigenvalue weighted by atomic mass is 10.1. The average Bonchev–Trinajstić information content (AvgIpc) is 2.86. The van der Waals surface area contributed by atoms with Gasteiger partial charge in [-0.05, 0) is 24.1 Å². The third kappa shape index (κ3) is 2.51. The summed E-state index contributed by atoms with van der Waals surface area (Å²) in [5.41, 5.74) is 3.05. The largest absolute Gasteiger partial charge is 0.315 e. The summed E-state index contributed by atoms with van der Waals surface area (Å²) in [6.07, 6.45) is 1.31. The van der Waals surface area contributed by atoms with Crippen LogP contribution >= 0.6 is 24.8 Å². The van der Waals surface area contributed by atoms with Gasteiger partial charge in [-0.3, -0.25) is 4.90 Å². The van der Waals surface area contributed by atoms with Crippen LogP contribution in [0.15, 0.2) is 24.3 Å². The molecule has 1 atom stereocenters. The normalized spacial score (nSPS) is 23.4. The van der Waals surface area contributed by atoms with E-state index >= 15 is 0 Å². The predicted molar refractivity (Wildman–Crippen MR) is 71.5 cm³/mol. The minimum Gasteiger partial charge on any atom is -0.315 e. The molecule has 2 heterocycles. The first-order valence-corrected chi connectivity index (χ1v) is 5.45. The Morgan fingerprint density at radius 3 is 2.19 bits per heavy atom. The van der Waals surface area contributed by atoms with Crippen LogP contribution in [-0.2, 0) is 13.1 Å². The van der Waals surface area contributed by atoms with Crippen molar-refractivity contribution < 1.29 is 0 Å². The molecule has 0 aromatic heterocycles. The summed E-state index contributed by atoms with van der Waals surface area (Å²) in [6.45, 7) is 4.68. The Hall–Kier alpha value is -0.280. The molecule has 1 N–H and O–H groups in total. The van der Waals surface area contributed by atoms with Crippen molar-refractivity contribution >= 4 is 24.8 Å². The molecule has 0 bridgehead atoms. The minimum atomic E-state index is 0. The van der Waals surface area contributed by atoms with Gasteiger partial charge in [-0.15, -0.1) is 24.8 Å². The van der Waals surface area contributed by atoms with Gasteiger partial charge in [0.25, 0.3) is 0 Å². The van der Waals surface area contributed by atoms with E-state index in [4.69, 9.17) is 0 Å². The van der Waals surface area contributed by atoms with Crippen LogP contribution in [0.4, 0.5) is 0 Å². The minimum absolute atomic E-state index is 0. The maximum absolute atomic E-state index is 3.43. The zero-order valence-corrected chi connectivity index (χ0v) is 10.8. The van der Waals surface area contributed by atoms with Gasteiger partial charge in [0, 0.05) is 25.7 Å². The number of fused-ring (bicyclic) bond motifs is 1. The molecule has 1 saturated heterocycles. The van der Waals surface area contributed by atoms with Gasteiger partial charge in [-0.2, -0.15) is 0 Å². The van der Waals surface area contributed by atoms with Gasteiger partial charge < -0.3 is 5.32 Å². The average molecular weight is 261 g/mol. The highest BCUT2D eigenvalue weighted by Gasteiger charge is 2.27. The number of hydrogen-bond acceptors (Lipinski definition) is 2. The van der Waals surface area contributed by atoms with Crippen LogP contribution in [-0.4, -0.2) is 24.0 Å². The topological polar surface area (TPSA) is 15.3 Å². The van der Waals surface area contributed by atoms with Crippen molar-refractivity contribution in [1.82, 2.24) is 10.2 Å². The smallest absolute Gasteiger partial charge is 0.0244 e. The Kier molecular flexibility index (Phi) is 5.06. The van der Waals surface area contributed by atoms with E-state index in [0.717, 1.165) is 19.1 Å². The molecule has 1 aromatic carbocycles. The molecule has 90 valence electrons. The first-order valence-electron chi connectivity index (χ1n) is 5.45. The van der Waals surface area contributed by atoms with Crippen molar-refractivity contribution in [3.05, 3.63) is 35.4 Å². The van der Waals surface area contributed by atoms with E-state index < -0.39 is 0 Å². The van der Waals surface area contributed by atoms with Crippen molar-refractivity contribution in [2.24, 2.45) is 0 Å². The molecule has 0 aliphatic carbocycles. The Bertz CT molecular complexity index is 313. The molecule has 16 heavy (non-hydrogen) atoms. The van der Waals surface area contributed by atoms with Crippen LogP contribution in [0.1, 0.15) is 17.5 Å². The molecule has 1 fully saturated rings. The quantitative estimate of drug-likeness (QED) is 0.833. The molecule has 0 radical (unpaired) electrons. The molecule has 2 aliphatic rings. The highest BCUT2D eigenvalue weighted by molar-refractivity contribution is 5.85. The first-order chi connectivity index (χ1) is 6.93. The zero-order valence-electron chi connectivity index (χ0n) is 9.19. The Morgan fingerprint density at radius 1 is 1.06 bits per heavy atom. The first kappa shape index (κ1) is 13.8. The van der Waals surface area contributed by atoms with E-state index in [1.165, 1.54) is 30.6 Å². The standard InChI is InChI=1S/C12H16N2.2ClH/c1-2-4-11-9-14(8-10(11)3-1)12-5-6-13-7-12;;/h1-4,12-13H,5-9H2;2*1H. The van der Waals surface area contributed by atoms with E-state index in [2.05, 4.69) is 34.5 Å². The van der Waals surface area contributed by atoms with Gasteiger partial charge in [0.1, 0.15) is 0 Å². The van der Waals surface area contributed by atoms with Gasteiger partial charge in [-0.25, -0.2) is 0 Å². The lowest BCUT2D eigenvalue weighted by Crippen LogP contribution is -2.32. The lowest BCUT2D eigenvalue weighted by Gasteiger charge is -2.21. The molecule has 4 heteroatoms. The second-order valence-electron chi connectivity index (χ2n) is 4.32. The molecule has 0 amide bonds. The van der Waals surface area contributed by atoms with Crippen LogP contribution < -0.4 is 5.32 Å². The molecule has 0 saturated carbocycles. The van der Waals surface area contributed by atoms with Crippen molar-refractivity contribution in [2.75, 3.05) is 13.1 Å². The van der Waals surface area contributed by atoms with Crippen LogP contribution in [0.25, 0.3) is 0 Å². The summed E-state index contributed by atoms with van der Waals surface area (Å²) < 4.78 is 0. The van der Waals surface area contributed by atoms with Crippen molar-refractivity contribution in [2.45, 2.75) is 25.6 Å². The molecule has 0 spiro atoms. The third-order valence-electron chi connectivity index (χ3n) is 3.42. The van der Waals surface area contributed by atoms with E-state index in [1.54, 1.807) is 0 Å². The lowest BCUT2D eigenvalue weighted by molar-refractivity contribution is 0.212. The maximum atomic E-state index is 3.43. The second-order valence-corrected chi connectivity index (χ2v) is 4.32. The summed E-state index contributed by atoms with van der Waals surface area (Å²) in [4.78, 5) is 2.60. The number of halogens is 2. The van der Waals surface area contributed by atoms with Crippen molar-refractivity contribution in [1.29, 1.82) is 0 Å². The summed E-state index contributed by atoms with van der Waals surface area (Å²) in [7, 11) is 0. The van der Waals surface area contributed by atoms with Gasteiger partial charge in [0.15, 0.2) is 0 Å². The van der Waals surface area contributed by atoms with Crippen molar-refractivity contribution in [3.63, 3.8) is 0 Å². The van der Waals surface area contributed by atoms with Gasteiger partial charge in [0.05, 0.1) is 0 Å². The zero-order chi connectivity index (χ0) is 9.38. The van der Waals surface area contributed by atoms with Crippen LogP contribution in [0.5, 0.6) is 0 Å². The summed E-state index contributed by atoms with van der Waals surface area (Å²) in [5.74, 6) is 0. The Labute approximate surface area is 109 Å². The van der Waals surface area contributed by atoms with E-state index in [1.807, 2.05) is 0 Å². The van der Waals surface area contributed by atoms with Gasteiger partial charge in [0.2, 0.25) is 0 Å². The highest BCUT2D eigenvalue weighted by atomic mass is 35.5. The van der Waals surface area contributed by atoms with E-state index in [-0.39, 0.29) is 24.8 Å². The van der Waals surface area contributed by atoms with Crippen LogP contribution in [0, 0.1) is 0 Å². The number of rotatable bonds is 1. The molecular formula is C12H18Cl2N2. The van der Waals surface area contributed by atoms with Gasteiger partial charge in [-0.1, -0.05) is 24.3 Å². The molecule has 2 nitrogen and oxygen atoms in total. The van der Waals surface area contributed by atoms with Crippen molar-refractivity contribution in [3.8, 4) is 0 Å². The molecule has 2 aliphatic heterocycles.